The maximum Gasteiger partial charge on any atom is 0 e. The molecular formula is H3LiS2W. The van der Waals surface area contributed by atoms with Crippen LogP contribution in [0, 0.1) is 0 Å². The van der Waals surface area contributed by atoms with Gasteiger partial charge in [-0.25, -0.2) is 0 Å². The topological polar surface area (TPSA) is 0 Å². The molecule has 0 amide bonds. The fraction of sp³-hybridized carbons (Fsp3) is 0. The Kier molecular flexibility index (Phi) is 83.8. The Hall–Kier alpha value is 1.99. The predicted molar refractivity (Wildman–Crippen MR) is 25.1 cm³/mol. The van der Waals surface area contributed by atoms with Crippen LogP contribution < -0.4 is 0 Å². The molecule has 0 spiro atoms. The normalized spacial score (nSPS) is 1.50. The Labute approximate surface area is 62.8 Å². The summed E-state index contributed by atoms with van der Waals surface area (Å²) in [5.41, 5.74) is 0. The molecule has 0 aliphatic heterocycles. The summed E-state index contributed by atoms with van der Waals surface area (Å²) in [7, 11) is 0. The van der Waals surface area contributed by atoms with Gasteiger partial charge in [-0.05, 0) is 0 Å². The Balaban J connectivity index is -0.00000000500. The molecule has 0 heterocycles. The van der Waals surface area contributed by atoms with Crippen LogP contribution in [0.2, 0.25) is 0 Å². The molecule has 4 heavy (non-hydrogen) atoms. The van der Waals surface area contributed by atoms with Crippen molar-refractivity contribution in [3.63, 3.8) is 0 Å². The van der Waals surface area contributed by atoms with E-state index in [1.165, 1.54) is 0 Å². The van der Waals surface area contributed by atoms with Crippen molar-refractivity contribution < 1.29 is 21.1 Å². The standard InChI is InChI=1S/Li.H2S2.W.H/c;1-2;;/h;1-2H;;. The second kappa shape index (κ2) is 20.1. The minimum Gasteiger partial charge on any atom is 0 e. The van der Waals surface area contributed by atoms with E-state index < -0.39 is 0 Å². The van der Waals surface area contributed by atoms with E-state index in [0.717, 1.165) is 0 Å². The van der Waals surface area contributed by atoms with Crippen LogP contribution in [0.15, 0.2) is 0 Å². The fourth-order valence-electron chi connectivity index (χ4n) is 0. The maximum atomic E-state index is 3.22. The zero-order chi connectivity index (χ0) is 2.00. The molecule has 0 radical (unpaired) electrons. The molecule has 0 rings (SSSR count). The molecule has 0 bridgehead atoms. The van der Waals surface area contributed by atoms with E-state index in [1.807, 2.05) is 0 Å². The Bertz CT molecular complexity index is 6.00. The van der Waals surface area contributed by atoms with Crippen LogP contribution in [0.25, 0.3) is 0 Å². The minimum atomic E-state index is 0. The first-order chi connectivity index (χ1) is 1.00. The van der Waals surface area contributed by atoms with Gasteiger partial charge in [-0.15, -0.1) is 23.3 Å². The molecule has 0 aromatic rings. The summed E-state index contributed by atoms with van der Waals surface area (Å²) in [5.74, 6) is 0. The number of hydrogen-bond acceptors (Lipinski definition) is 2. The first kappa shape index (κ1) is 16.7. The van der Waals surface area contributed by atoms with E-state index in [4.69, 9.17) is 0 Å². The minimum absolute atomic E-state index is 0. The summed E-state index contributed by atoms with van der Waals surface area (Å²) in [4.78, 5) is 0. The summed E-state index contributed by atoms with van der Waals surface area (Å²) >= 11 is 6.44. The van der Waals surface area contributed by atoms with Crippen molar-refractivity contribution in [1.82, 2.24) is 0 Å². The van der Waals surface area contributed by atoms with Gasteiger partial charge in [-0.2, -0.15) is 0 Å². The summed E-state index contributed by atoms with van der Waals surface area (Å²) in [6, 6.07) is 0. The van der Waals surface area contributed by atoms with E-state index in [-0.39, 0.29) is 39.9 Å². The first-order valence-electron chi connectivity index (χ1n) is 0.200. The van der Waals surface area contributed by atoms with Gasteiger partial charge < -0.3 is 0 Å². The van der Waals surface area contributed by atoms with Crippen molar-refractivity contribution in [2.45, 2.75) is 0 Å². The van der Waals surface area contributed by atoms with Crippen LogP contribution in [-0.4, -0.2) is 18.9 Å². The molecule has 0 atom stereocenters. The second-order valence-corrected chi connectivity index (χ2v) is 0. The van der Waals surface area contributed by atoms with Crippen LogP contribution in [0.1, 0.15) is 0 Å². The van der Waals surface area contributed by atoms with Crippen LogP contribution >= 0.6 is 23.3 Å². The summed E-state index contributed by atoms with van der Waals surface area (Å²) in [5, 5.41) is 0. The third-order valence-electron chi connectivity index (χ3n) is 0. The first-order valence-corrected chi connectivity index (χ1v) is 1.80. The van der Waals surface area contributed by atoms with E-state index in [2.05, 4.69) is 23.3 Å². The number of thiol groups is 2. The van der Waals surface area contributed by atoms with Crippen molar-refractivity contribution in [3.05, 3.63) is 0 Å². The van der Waals surface area contributed by atoms with Gasteiger partial charge in [0.1, 0.15) is 0 Å². The van der Waals surface area contributed by atoms with Crippen LogP contribution in [0.3, 0.4) is 0 Å². The van der Waals surface area contributed by atoms with Crippen molar-refractivity contribution in [1.29, 1.82) is 0 Å². The Morgan fingerprint density at radius 2 is 1.00 bits per heavy atom. The molecule has 0 aromatic carbocycles. The second-order valence-electron chi connectivity index (χ2n) is 0. The van der Waals surface area contributed by atoms with Gasteiger partial charge in [-0.3, -0.25) is 0 Å². The van der Waals surface area contributed by atoms with Crippen molar-refractivity contribution >= 4 is 42.2 Å². The Morgan fingerprint density at radius 3 is 1.00 bits per heavy atom. The molecule has 0 unspecified atom stereocenters. The molecule has 0 saturated carbocycles. The molecule has 22 valence electrons. The molecule has 0 aliphatic carbocycles. The third kappa shape index (κ3) is 9.01. The quantitative estimate of drug-likeness (QED) is 0.344. The van der Waals surface area contributed by atoms with Gasteiger partial charge in [0.25, 0.3) is 0 Å². The average molecular weight is 258 g/mol. The molecule has 0 fully saturated rings. The zero-order valence-electron chi connectivity index (χ0n) is 1.30. The van der Waals surface area contributed by atoms with Gasteiger partial charge in [-0.1, -0.05) is 0 Å². The number of hydrogen-bond donors (Lipinski definition) is 2. The molecule has 4 heteroatoms. The predicted octanol–water partition coefficient (Wildman–Crippen LogP) is 0.110. The van der Waals surface area contributed by atoms with E-state index in [0.29, 0.717) is 0 Å². The van der Waals surface area contributed by atoms with Crippen molar-refractivity contribution in [2.75, 3.05) is 0 Å². The molecule has 0 saturated heterocycles. The van der Waals surface area contributed by atoms with Crippen LogP contribution in [-0.2, 0) is 21.1 Å². The zero-order valence-corrected chi connectivity index (χ0v) is 6.02. The SMILES string of the molecule is SS.[LiH].[W]. The van der Waals surface area contributed by atoms with E-state index in [9.17, 15) is 0 Å². The van der Waals surface area contributed by atoms with Crippen LogP contribution in [0.4, 0.5) is 0 Å². The average Bonchev–Trinajstić information content (AvgIpc) is 1.00. The van der Waals surface area contributed by atoms with Gasteiger partial charge in [0.05, 0.1) is 0 Å². The molecule has 0 aromatic heterocycles. The number of rotatable bonds is 0. The van der Waals surface area contributed by atoms with E-state index in [1.54, 1.807) is 0 Å². The summed E-state index contributed by atoms with van der Waals surface area (Å²) in [6.07, 6.45) is 0. The van der Waals surface area contributed by atoms with Crippen LogP contribution in [0.5, 0.6) is 0 Å². The van der Waals surface area contributed by atoms with Gasteiger partial charge in [0.15, 0.2) is 0 Å². The summed E-state index contributed by atoms with van der Waals surface area (Å²) in [6.45, 7) is 0. The fourth-order valence-corrected chi connectivity index (χ4v) is 0. The van der Waals surface area contributed by atoms with Gasteiger partial charge in [0.2, 0.25) is 0 Å². The van der Waals surface area contributed by atoms with Gasteiger partial charge >= 0.3 is 18.9 Å². The third-order valence-corrected chi connectivity index (χ3v) is 0. The maximum absolute atomic E-state index is 3.22. The molecule has 0 nitrogen and oxygen atoms in total. The monoisotopic (exact) mass is 258 g/mol. The molecule has 0 N–H and O–H groups in total. The summed E-state index contributed by atoms with van der Waals surface area (Å²) < 4.78 is 0. The van der Waals surface area contributed by atoms with E-state index >= 15 is 0 Å². The van der Waals surface area contributed by atoms with Crippen molar-refractivity contribution in [2.24, 2.45) is 0 Å². The van der Waals surface area contributed by atoms with Gasteiger partial charge in [0, 0.05) is 21.1 Å². The molecular weight excluding hydrogens is 255 g/mol. The Morgan fingerprint density at radius 1 is 1.00 bits per heavy atom. The smallest absolute Gasteiger partial charge is 0 e. The largest absolute Gasteiger partial charge is 0 e. The molecule has 0 aliphatic rings. The van der Waals surface area contributed by atoms with Crippen molar-refractivity contribution in [3.8, 4) is 0 Å².